The SMILES string of the molecule is Nc1ncc(C#CCCNC(=O)OCc2ccccc2)c(C(F)(F)F)n1. The van der Waals surface area contributed by atoms with Crippen LogP contribution in [-0.2, 0) is 17.5 Å². The molecule has 2 rings (SSSR count). The van der Waals surface area contributed by atoms with Gasteiger partial charge in [0.1, 0.15) is 6.61 Å². The first-order chi connectivity index (χ1) is 12.4. The van der Waals surface area contributed by atoms with Crippen LogP contribution in [0.4, 0.5) is 23.9 Å². The van der Waals surface area contributed by atoms with Crippen molar-refractivity contribution >= 4 is 12.0 Å². The molecule has 0 aliphatic carbocycles. The zero-order valence-electron chi connectivity index (χ0n) is 13.5. The molecule has 3 N–H and O–H groups in total. The second-order valence-corrected chi connectivity index (χ2v) is 5.03. The Hall–Kier alpha value is -3.28. The van der Waals surface area contributed by atoms with Gasteiger partial charge in [-0.25, -0.2) is 14.8 Å². The number of aromatic nitrogens is 2. The van der Waals surface area contributed by atoms with E-state index in [2.05, 4.69) is 27.1 Å². The van der Waals surface area contributed by atoms with Gasteiger partial charge in [0, 0.05) is 19.2 Å². The predicted molar refractivity (Wildman–Crippen MR) is 87.6 cm³/mol. The molecule has 2 aromatic rings. The summed E-state index contributed by atoms with van der Waals surface area (Å²) in [6.07, 6.45) is -4.27. The summed E-state index contributed by atoms with van der Waals surface area (Å²) in [5.41, 5.74) is 4.45. The zero-order valence-corrected chi connectivity index (χ0v) is 13.5. The maximum atomic E-state index is 12.8. The van der Waals surface area contributed by atoms with Gasteiger partial charge in [-0.1, -0.05) is 42.2 Å². The van der Waals surface area contributed by atoms with E-state index in [1.54, 1.807) is 0 Å². The lowest BCUT2D eigenvalue weighted by molar-refractivity contribution is -0.141. The molecule has 0 aliphatic rings. The van der Waals surface area contributed by atoms with Crippen LogP contribution in [0.15, 0.2) is 36.5 Å². The number of hydrogen-bond acceptors (Lipinski definition) is 5. The number of halogens is 3. The van der Waals surface area contributed by atoms with Crippen molar-refractivity contribution in [1.29, 1.82) is 0 Å². The number of benzene rings is 1. The molecule has 1 aromatic carbocycles. The Morgan fingerprint density at radius 3 is 2.69 bits per heavy atom. The summed E-state index contributed by atoms with van der Waals surface area (Å²) < 4.78 is 43.5. The minimum atomic E-state index is -4.68. The van der Waals surface area contributed by atoms with E-state index in [4.69, 9.17) is 10.5 Å². The van der Waals surface area contributed by atoms with E-state index >= 15 is 0 Å². The Morgan fingerprint density at radius 1 is 1.27 bits per heavy atom. The maximum Gasteiger partial charge on any atom is 0.434 e. The van der Waals surface area contributed by atoms with E-state index in [1.165, 1.54) is 0 Å². The van der Waals surface area contributed by atoms with Crippen molar-refractivity contribution < 1.29 is 22.7 Å². The number of ether oxygens (including phenoxy) is 1. The van der Waals surface area contributed by atoms with Gasteiger partial charge in [0.2, 0.25) is 5.95 Å². The smallest absolute Gasteiger partial charge is 0.434 e. The molecule has 0 saturated heterocycles. The van der Waals surface area contributed by atoms with Crippen molar-refractivity contribution in [2.45, 2.75) is 19.2 Å². The Balaban J connectivity index is 1.81. The first kappa shape index (κ1) is 19.1. The van der Waals surface area contributed by atoms with Crippen LogP contribution < -0.4 is 11.1 Å². The van der Waals surface area contributed by atoms with Crippen LogP contribution in [0.1, 0.15) is 23.2 Å². The highest BCUT2D eigenvalue weighted by atomic mass is 19.4. The normalized spacial score (nSPS) is 10.6. The van der Waals surface area contributed by atoms with E-state index < -0.39 is 23.9 Å². The second-order valence-electron chi connectivity index (χ2n) is 5.03. The third-order valence-corrected chi connectivity index (χ3v) is 3.03. The average Bonchev–Trinajstić information content (AvgIpc) is 2.61. The van der Waals surface area contributed by atoms with Crippen LogP contribution in [0.2, 0.25) is 0 Å². The molecule has 0 fully saturated rings. The van der Waals surface area contributed by atoms with Crippen LogP contribution in [0.3, 0.4) is 0 Å². The fourth-order valence-corrected chi connectivity index (χ4v) is 1.86. The number of nitrogens with zero attached hydrogens (tertiary/aromatic N) is 2. The van der Waals surface area contributed by atoms with Crippen LogP contribution in [-0.4, -0.2) is 22.6 Å². The summed E-state index contributed by atoms with van der Waals surface area (Å²) in [6.45, 7) is 0.244. The zero-order chi connectivity index (χ0) is 19.0. The number of hydrogen-bond donors (Lipinski definition) is 2. The molecule has 0 atom stereocenters. The minimum absolute atomic E-state index is 0.121. The van der Waals surface area contributed by atoms with Crippen molar-refractivity contribution in [2.75, 3.05) is 12.3 Å². The lowest BCUT2D eigenvalue weighted by Crippen LogP contribution is -2.24. The number of alkyl carbamates (subject to hydrolysis) is 1. The first-order valence-electron chi connectivity index (χ1n) is 7.49. The number of nitrogen functional groups attached to an aromatic ring is 1. The standard InChI is InChI=1S/C17H15F3N4O2/c18-17(19,20)14-13(10-23-15(21)24-14)8-4-5-9-22-16(25)26-11-12-6-2-1-3-7-12/h1-3,6-7,10H,5,9,11H2,(H,22,25)(H2,21,23,24). The summed E-state index contributed by atoms with van der Waals surface area (Å²) in [5, 5.41) is 2.46. The number of rotatable bonds is 4. The average molecular weight is 364 g/mol. The van der Waals surface area contributed by atoms with Gasteiger partial charge in [-0.15, -0.1) is 0 Å². The fraction of sp³-hybridized carbons (Fsp3) is 0.235. The molecule has 1 amide bonds. The van der Waals surface area contributed by atoms with Crippen molar-refractivity contribution in [2.24, 2.45) is 0 Å². The highest BCUT2D eigenvalue weighted by Gasteiger charge is 2.35. The van der Waals surface area contributed by atoms with Gasteiger partial charge >= 0.3 is 12.3 Å². The summed E-state index contributed by atoms with van der Waals surface area (Å²) >= 11 is 0. The van der Waals surface area contributed by atoms with Crippen LogP contribution >= 0.6 is 0 Å². The summed E-state index contributed by atoms with van der Waals surface area (Å²) in [6, 6.07) is 9.11. The number of anilines is 1. The molecule has 0 aliphatic heterocycles. The van der Waals surface area contributed by atoms with Crippen molar-refractivity contribution in [1.82, 2.24) is 15.3 Å². The monoisotopic (exact) mass is 364 g/mol. The first-order valence-corrected chi connectivity index (χ1v) is 7.49. The molecule has 0 saturated carbocycles. The molecule has 0 bridgehead atoms. The molecule has 0 unspecified atom stereocenters. The summed E-state index contributed by atoms with van der Waals surface area (Å²) in [4.78, 5) is 18.2. The van der Waals surface area contributed by atoms with Gasteiger partial charge in [-0.2, -0.15) is 13.2 Å². The van der Waals surface area contributed by atoms with Gasteiger partial charge in [-0.3, -0.25) is 0 Å². The Morgan fingerprint density at radius 2 is 2.00 bits per heavy atom. The Labute approximate surface area is 147 Å². The number of alkyl halides is 3. The molecular weight excluding hydrogens is 349 g/mol. The Bertz CT molecular complexity index is 814. The van der Waals surface area contributed by atoms with E-state index in [-0.39, 0.29) is 25.1 Å². The molecule has 9 heteroatoms. The summed E-state index contributed by atoms with van der Waals surface area (Å²) in [5.74, 6) is 4.38. The summed E-state index contributed by atoms with van der Waals surface area (Å²) in [7, 11) is 0. The highest BCUT2D eigenvalue weighted by molar-refractivity contribution is 5.67. The van der Waals surface area contributed by atoms with Crippen molar-refractivity contribution in [3.8, 4) is 11.8 Å². The molecule has 6 nitrogen and oxygen atoms in total. The number of nitrogens with one attached hydrogen (secondary N) is 1. The largest absolute Gasteiger partial charge is 0.445 e. The van der Waals surface area contributed by atoms with E-state index in [1.807, 2.05) is 30.3 Å². The van der Waals surface area contributed by atoms with Gasteiger partial charge in [-0.05, 0) is 5.56 Å². The number of amides is 1. The van der Waals surface area contributed by atoms with Crippen molar-refractivity contribution in [3.63, 3.8) is 0 Å². The lowest BCUT2D eigenvalue weighted by Gasteiger charge is -2.07. The Kier molecular flexibility index (Phi) is 6.38. The van der Waals surface area contributed by atoms with E-state index in [0.717, 1.165) is 11.8 Å². The van der Waals surface area contributed by atoms with E-state index in [9.17, 15) is 18.0 Å². The lowest BCUT2D eigenvalue weighted by atomic mass is 10.2. The van der Waals surface area contributed by atoms with Crippen molar-refractivity contribution in [3.05, 3.63) is 53.3 Å². The van der Waals surface area contributed by atoms with Gasteiger partial charge in [0.15, 0.2) is 5.69 Å². The maximum absolute atomic E-state index is 12.8. The minimum Gasteiger partial charge on any atom is -0.445 e. The van der Waals surface area contributed by atoms with Gasteiger partial charge in [0.05, 0.1) is 5.56 Å². The highest BCUT2D eigenvalue weighted by Crippen LogP contribution is 2.30. The molecule has 1 heterocycles. The van der Waals surface area contributed by atoms with Crippen LogP contribution in [0, 0.1) is 11.8 Å². The molecule has 0 spiro atoms. The third kappa shape index (κ3) is 5.98. The quantitative estimate of drug-likeness (QED) is 0.643. The predicted octanol–water partition coefficient (Wildman–Crippen LogP) is 2.75. The molecule has 0 radical (unpaired) electrons. The molecule has 1 aromatic heterocycles. The van der Waals surface area contributed by atoms with Gasteiger partial charge in [0.25, 0.3) is 0 Å². The molecule has 136 valence electrons. The third-order valence-electron chi connectivity index (χ3n) is 3.03. The number of nitrogens with two attached hydrogens (primary N) is 1. The van der Waals surface area contributed by atoms with E-state index in [0.29, 0.717) is 0 Å². The topological polar surface area (TPSA) is 90.1 Å². The van der Waals surface area contributed by atoms with Crippen LogP contribution in [0.25, 0.3) is 0 Å². The van der Waals surface area contributed by atoms with Gasteiger partial charge < -0.3 is 15.8 Å². The number of carbonyl (C=O) groups excluding carboxylic acids is 1. The number of carbonyl (C=O) groups is 1. The molecule has 26 heavy (non-hydrogen) atoms. The second kappa shape index (κ2) is 8.71. The molecular formula is C17H15F3N4O2. The fourth-order valence-electron chi connectivity index (χ4n) is 1.86. The van der Waals surface area contributed by atoms with Crippen LogP contribution in [0.5, 0.6) is 0 Å².